The Bertz CT molecular complexity index is 335. The Balaban J connectivity index is 1.77. The lowest BCUT2D eigenvalue weighted by Crippen LogP contribution is -2.33. The van der Waals surface area contributed by atoms with E-state index < -0.39 is 6.16 Å². The normalized spacial score (nSPS) is 27.6. The summed E-state index contributed by atoms with van der Waals surface area (Å²) < 4.78 is 15.2. The van der Waals surface area contributed by atoms with Crippen LogP contribution in [0.5, 0.6) is 0 Å². The molecule has 0 aromatic carbocycles. The van der Waals surface area contributed by atoms with Crippen molar-refractivity contribution in [2.75, 3.05) is 7.11 Å². The minimum absolute atomic E-state index is 0.0616. The first-order valence-corrected chi connectivity index (χ1v) is 7.64. The van der Waals surface area contributed by atoms with Gasteiger partial charge in [0.15, 0.2) is 0 Å². The number of hydrogen-bond donors (Lipinski definition) is 0. The van der Waals surface area contributed by atoms with E-state index >= 15 is 0 Å². The molecule has 2 aliphatic rings. The molecule has 2 rings (SSSR count). The third-order valence-electron chi connectivity index (χ3n) is 4.23. The first kappa shape index (κ1) is 15.1. The van der Waals surface area contributed by atoms with Crippen LogP contribution in [-0.2, 0) is 19.0 Å². The minimum Gasteiger partial charge on any atom is -0.462 e. The zero-order chi connectivity index (χ0) is 14.4. The van der Waals surface area contributed by atoms with E-state index in [1.54, 1.807) is 0 Å². The molecule has 20 heavy (non-hydrogen) atoms. The summed E-state index contributed by atoms with van der Waals surface area (Å²) in [4.78, 5) is 23.2. The highest BCUT2D eigenvalue weighted by atomic mass is 16.7. The Morgan fingerprint density at radius 1 is 0.850 bits per heavy atom. The van der Waals surface area contributed by atoms with Crippen LogP contribution in [0.1, 0.15) is 57.8 Å². The smallest absolute Gasteiger partial charge is 0.462 e. The summed E-state index contributed by atoms with van der Waals surface area (Å²) in [5.41, 5.74) is 0. The summed E-state index contributed by atoms with van der Waals surface area (Å²) in [6, 6.07) is 0. The number of rotatable bonds is 3. The Hall–Kier alpha value is -1.26. The Kier molecular flexibility index (Phi) is 5.68. The van der Waals surface area contributed by atoms with Gasteiger partial charge in [0.25, 0.3) is 0 Å². The van der Waals surface area contributed by atoms with Gasteiger partial charge in [0.1, 0.15) is 12.2 Å². The van der Waals surface area contributed by atoms with Crippen LogP contribution in [0.3, 0.4) is 0 Å². The molecule has 2 atom stereocenters. The zero-order valence-electron chi connectivity index (χ0n) is 12.1. The van der Waals surface area contributed by atoms with Crippen LogP contribution >= 0.6 is 0 Å². The number of carbonyl (C=O) groups is 2. The van der Waals surface area contributed by atoms with E-state index in [0.29, 0.717) is 6.42 Å². The topological polar surface area (TPSA) is 61.8 Å². The van der Waals surface area contributed by atoms with E-state index in [2.05, 4.69) is 4.74 Å². The molecule has 2 unspecified atom stereocenters. The molecule has 0 aromatic heterocycles. The van der Waals surface area contributed by atoms with Crippen molar-refractivity contribution in [2.24, 2.45) is 5.92 Å². The van der Waals surface area contributed by atoms with Crippen molar-refractivity contribution in [2.45, 2.75) is 70.0 Å². The molecule has 0 bridgehead atoms. The number of esters is 1. The molecule has 2 fully saturated rings. The third kappa shape index (κ3) is 4.39. The van der Waals surface area contributed by atoms with Gasteiger partial charge in [-0.15, -0.1) is 0 Å². The van der Waals surface area contributed by atoms with Gasteiger partial charge in [0, 0.05) is 6.42 Å². The van der Waals surface area contributed by atoms with Crippen molar-refractivity contribution in [3.05, 3.63) is 0 Å². The molecule has 0 radical (unpaired) electrons. The summed E-state index contributed by atoms with van der Waals surface area (Å²) in [6.45, 7) is 0. The van der Waals surface area contributed by atoms with Crippen molar-refractivity contribution in [3.63, 3.8) is 0 Å². The van der Waals surface area contributed by atoms with Gasteiger partial charge in [0.2, 0.25) is 0 Å². The SMILES string of the molecule is COC(=O)OC1CCCC(OC(=O)C2CCCCC2)C1. The molecular weight excluding hydrogens is 260 g/mol. The first-order chi connectivity index (χ1) is 9.69. The summed E-state index contributed by atoms with van der Waals surface area (Å²) in [5, 5.41) is 0. The molecule has 0 aromatic rings. The molecule has 114 valence electrons. The van der Waals surface area contributed by atoms with Crippen LogP contribution in [0, 0.1) is 5.92 Å². The van der Waals surface area contributed by atoms with Crippen LogP contribution in [0.4, 0.5) is 4.79 Å². The van der Waals surface area contributed by atoms with Crippen LogP contribution in [-0.4, -0.2) is 31.4 Å². The highest BCUT2D eigenvalue weighted by molar-refractivity contribution is 5.72. The molecule has 2 aliphatic carbocycles. The number of ether oxygens (including phenoxy) is 3. The lowest BCUT2D eigenvalue weighted by Gasteiger charge is -2.30. The monoisotopic (exact) mass is 284 g/mol. The molecule has 0 heterocycles. The van der Waals surface area contributed by atoms with E-state index in [1.807, 2.05) is 0 Å². The maximum absolute atomic E-state index is 12.1. The van der Waals surface area contributed by atoms with Crippen LogP contribution in [0.2, 0.25) is 0 Å². The Labute approximate surface area is 120 Å². The van der Waals surface area contributed by atoms with E-state index in [1.165, 1.54) is 13.5 Å². The number of methoxy groups -OCH3 is 1. The molecular formula is C15H24O5. The average Bonchev–Trinajstić information content (AvgIpc) is 2.48. The fourth-order valence-electron chi connectivity index (χ4n) is 3.10. The van der Waals surface area contributed by atoms with Gasteiger partial charge in [0.05, 0.1) is 13.0 Å². The molecule has 2 saturated carbocycles. The highest BCUT2D eigenvalue weighted by Crippen LogP contribution is 2.28. The molecule has 0 aliphatic heterocycles. The number of hydrogen-bond acceptors (Lipinski definition) is 5. The van der Waals surface area contributed by atoms with Gasteiger partial charge >= 0.3 is 12.1 Å². The predicted molar refractivity (Wildman–Crippen MR) is 72.2 cm³/mol. The van der Waals surface area contributed by atoms with Crippen LogP contribution in [0.15, 0.2) is 0 Å². The maximum atomic E-state index is 12.1. The fourth-order valence-corrected chi connectivity index (χ4v) is 3.10. The molecule has 0 spiro atoms. The second-order valence-corrected chi connectivity index (χ2v) is 5.75. The molecule has 5 heteroatoms. The first-order valence-electron chi connectivity index (χ1n) is 7.64. The van der Waals surface area contributed by atoms with Crippen molar-refractivity contribution in [1.29, 1.82) is 0 Å². The fraction of sp³-hybridized carbons (Fsp3) is 0.867. The lowest BCUT2D eigenvalue weighted by atomic mass is 9.89. The highest BCUT2D eigenvalue weighted by Gasteiger charge is 2.30. The average molecular weight is 284 g/mol. The molecule has 0 N–H and O–H groups in total. The Morgan fingerprint density at radius 2 is 1.50 bits per heavy atom. The predicted octanol–water partition coefficient (Wildman–Crippen LogP) is 3.20. The van der Waals surface area contributed by atoms with Gasteiger partial charge in [-0.1, -0.05) is 19.3 Å². The van der Waals surface area contributed by atoms with Crippen molar-refractivity contribution in [1.82, 2.24) is 0 Å². The van der Waals surface area contributed by atoms with Crippen molar-refractivity contribution in [3.8, 4) is 0 Å². The van der Waals surface area contributed by atoms with E-state index in [4.69, 9.17) is 9.47 Å². The van der Waals surface area contributed by atoms with E-state index in [0.717, 1.165) is 44.9 Å². The van der Waals surface area contributed by atoms with Crippen molar-refractivity contribution >= 4 is 12.1 Å². The summed E-state index contributed by atoms with van der Waals surface area (Å²) >= 11 is 0. The summed E-state index contributed by atoms with van der Waals surface area (Å²) in [5.74, 6) is 0.0130. The van der Waals surface area contributed by atoms with Gasteiger partial charge in [-0.25, -0.2) is 4.79 Å². The van der Waals surface area contributed by atoms with Gasteiger partial charge < -0.3 is 14.2 Å². The third-order valence-corrected chi connectivity index (χ3v) is 4.23. The quantitative estimate of drug-likeness (QED) is 0.745. The lowest BCUT2D eigenvalue weighted by molar-refractivity contribution is -0.158. The van der Waals surface area contributed by atoms with Crippen LogP contribution < -0.4 is 0 Å². The van der Waals surface area contributed by atoms with Crippen molar-refractivity contribution < 1.29 is 23.8 Å². The largest absolute Gasteiger partial charge is 0.508 e. The van der Waals surface area contributed by atoms with E-state index in [9.17, 15) is 9.59 Å². The number of carbonyl (C=O) groups excluding carboxylic acids is 2. The molecule has 0 amide bonds. The van der Waals surface area contributed by atoms with Gasteiger partial charge in [-0.3, -0.25) is 4.79 Å². The van der Waals surface area contributed by atoms with Crippen LogP contribution in [0.25, 0.3) is 0 Å². The molecule has 0 saturated heterocycles. The van der Waals surface area contributed by atoms with E-state index in [-0.39, 0.29) is 24.1 Å². The van der Waals surface area contributed by atoms with Gasteiger partial charge in [-0.05, 0) is 32.1 Å². The maximum Gasteiger partial charge on any atom is 0.508 e. The second kappa shape index (κ2) is 7.50. The minimum atomic E-state index is -0.658. The second-order valence-electron chi connectivity index (χ2n) is 5.75. The summed E-state index contributed by atoms with van der Waals surface area (Å²) in [6.07, 6.45) is 7.58. The van der Waals surface area contributed by atoms with Gasteiger partial charge in [-0.2, -0.15) is 0 Å². The zero-order valence-corrected chi connectivity index (χ0v) is 12.1. The summed E-state index contributed by atoms with van der Waals surface area (Å²) in [7, 11) is 1.30. The Morgan fingerprint density at radius 3 is 2.15 bits per heavy atom. The standard InChI is InChI=1S/C15H24O5/c1-18-15(17)20-13-9-5-8-12(10-13)19-14(16)11-6-3-2-4-7-11/h11-13H,2-10H2,1H3. The molecule has 5 nitrogen and oxygen atoms in total.